The van der Waals surface area contributed by atoms with E-state index in [9.17, 15) is 0 Å². The molecule has 0 bridgehead atoms. The van der Waals surface area contributed by atoms with E-state index in [1.807, 2.05) is 12.1 Å². The van der Waals surface area contributed by atoms with Crippen LogP contribution >= 0.6 is 0 Å². The summed E-state index contributed by atoms with van der Waals surface area (Å²) in [5.41, 5.74) is 1.21. The number of hydrogen-bond acceptors (Lipinski definition) is 3. The molecule has 116 valence electrons. The van der Waals surface area contributed by atoms with Crippen molar-refractivity contribution in [2.24, 2.45) is 0 Å². The van der Waals surface area contributed by atoms with Crippen LogP contribution in [0.4, 0.5) is 0 Å². The average Bonchev–Trinajstić information content (AvgIpc) is 2.52. The highest BCUT2D eigenvalue weighted by Crippen LogP contribution is 2.18. The molecule has 2 rings (SSSR count). The van der Waals surface area contributed by atoms with Crippen molar-refractivity contribution < 1.29 is 4.74 Å². The summed E-state index contributed by atoms with van der Waals surface area (Å²) in [4.78, 5) is 2.59. The van der Waals surface area contributed by atoms with E-state index >= 15 is 0 Å². The van der Waals surface area contributed by atoms with Gasteiger partial charge >= 0.3 is 0 Å². The number of hydrogen-bond donors (Lipinski definition) is 1. The predicted molar refractivity (Wildman–Crippen MR) is 88.7 cm³/mol. The quantitative estimate of drug-likeness (QED) is 0.587. The largest absolute Gasteiger partial charge is 0.489 e. The van der Waals surface area contributed by atoms with Crippen LogP contribution in [0.15, 0.2) is 36.9 Å². The van der Waals surface area contributed by atoms with Gasteiger partial charge in [-0.05, 0) is 32.4 Å². The van der Waals surface area contributed by atoms with Crippen LogP contribution in [0.25, 0.3) is 0 Å². The first-order valence-electron chi connectivity index (χ1n) is 8.07. The lowest BCUT2D eigenvalue weighted by Gasteiger charge is -2.33. The zero-order valence-electron chi connectivity index (χ0n) is 13.2. The molecular weight excluding hydrogens is 260 g/mol. The van der Waals surface area contributed by atoms with E-state index in [1.165, 1.54) is 31.4 Å². The smallest absolute Gasteiger partial charge is 0.124 e. The van der Waals surface area contributed by atoms with E-state index in [2.05, 4.69) is 35.9 Å². The normalized spacial score (nSPS) is 19.4. The van der Waals surface area contributed by atoms with E-state index in [0.717, 1.165) is 31.4 Å². The van der Waals surface area contributed by atoms with Crippen molar-refractivity contribution in [3.8, 4) is 5.75 Å². The predicted octanol–water partition coefficient (Wildman–Crippen LogP) is 3.22. The second-order valence-corrected chi connectivity index (χ2v) is 5.76. The minimum Gasteiger partial charge on any atom is -0.489 e. The summed E-state index contributed by atoms with van der Waals surface area (Å²) < 4.78 is 5.68. The van der Waals surface area contributed by atoms with Gasteiger partial charge in [-0.2, -0.15) is 0 Å². The lowest BCUT2D eigenvalue weighted by atomic mass is 10.0. The lowest BCUT2D eigenvalue weighted by Crippen LogP contribution is -2.41. The third-order valence-electron chi connectivity index (χ3n) is 4.16. The third kappa shape index (κ3) is 5.18. The van der Waals surface area contributed by atoms with Gasteiger partial charge in [-0.1, -0.05) is 37.3 Å². The molecule has 1 unspecified atom stereocenters. The molecule has 1 N–H and O–H groups in total. The van der Waals surface area contributed by atoms with Crippen LogP contribution in [-0.2, 0) is 6.54 Å². The van der Waals surface area contributed by atoms with Crippen molar-refractivity contribution in [1.82, 2.24) is 10.2 Å². The van der Waals surface area contributed by atoms with Crippen molar-refractivity contribution in [2.45, 2.75) is 38.8 Å². The molecule has 0 spiro atoms. The summed E-state index contributed by atoms with van der Waals surface area (Å²) in [7, 11) is 0. The molecule has 0 amide bonds. The van der Waals surface area contributed by atoms with Gasteiger partial charge in [0.2, 0.25) is 0 Å². The number of para-hydroxylation sites is 1. The second kappa shape index (κ2) is 8.85. The maximum absolute atomic E-state index is 5.68. The number of benzene rings is 1. The summed E-state index contributed by atoms with van der Waals surface area (Å²) in [6, 6.07) is 8.95. The van der Waals surface area contributed by atoms with Gasteiger partial charge in [-0.25, -0.2) is 0 Å². The maximum atomic E-state index is 5.68. The Morgan fingerprint density at radius 1 is 1.38 bits per heavy atom. The van der Waals surface area contributed by atoms with Crippen LogP contribution < -0.4 is 10.1 Å². The molecule has 0 radical (unpaired) electrons. The van der Waals surface area contributed by atoms with E-state index in [0.29, 0.717) is 6.61 Å². The van der Waals surface area contributed by atoms with Crippen LogP contribution in [0.5, 0.6) is 5.75 Å². The second-order valence-electron chi connectivity index (χ2n) is 5.76. The number of piperidine rings is 1. The van der Waals surface area contributed by atoms with Crippen LogP contribution in [-0.4, -0.2) is 37.2 Å². The molecule has 3 heteroatoms. The van der Waals surface area contributed by atoms with Gasteiger partial charge in [-0.15, -0.1) is 0 Å². The molecule has 1 aromatic rings. The van der Waals surface area contributed by atoms with Crippen molar-refractivity contribution >= 4 is 0 Å². The van der Waals surface area contributed by atoms with E-state index in [1.54, 1.807) is 6.08 Å². The molecule has 1 heterocycles. The van der Waals surface area contributed by atoms with E-state index in [-0.39, 0.29) is 0 Å². The maximum Gasteiger partial charge on any atom is 0.124 e. The van der Waals surface area contributed by atoms with Crippen molar-refractivity contribution in [3.05, 3.63) is 42.5 Å². The number of nitrogens with one attached hydrogen (secondary N) is 1. The molecule has 1 aromatic carbocycles. The average molecular weight is 288 g/mol. The monoisotopic (exact) mass is 288 g/mol. The molecule has 0 aromatic heterocycles. The summed E-state index contributed by atoms with van der Waals surface area (Å²) in [6.07, 6.45) is 5.86. The molecule has 1 saturated heterocycles. The third-order valence-corrected chi connectivity index (χ3v) is 4.16. The highest BCUT2D eigenvalue weighted by Gasteiger charge is 2.17. The molecule has 0 saturated carbocycles. The highest BCUT2D eigenvalue weighted by molar-refractivity contribution is 5.33. The highest BCUT2D eigenvalue weighted by atomic mass is 16.5. The Hall–Kier alpha value is -1.32. The Bertz CT molecular complexity index is 433. The lowest BCUT2D eigenvalue weighted by molar-refractivity contribution is 0.161. The molecule has 1 fully saturated rings. The fraction of sp³-hybridized carbons (Fsp3) is 0.556. The van der Waals surface area contributed by atoms with Crippen molar-refractivity contribution in [3.63, 3.8) is 0 Å². The van der Waals surface area contributed by atoms with Gasteiger partial charge in [0.15, 0.2) is 0 Å². The number of nitrogens with zero attached hydrogens (tertiary/aromatic N) is 1. The topological polar surface area (TPSA) is 24.5 Å². The van der Waals surface area contributed by atoms with Gasteiger partial charge < -0.3 is 10.1 Å². The van der Waals surface area contributed by atoms with E-state index in [4.69, 9.17) is 4.74 Å². The Balaban J connectivity index is 1.74. The van der Waals surface area contributed by atoms with Gasteiger partial charge in [0, 0.05) is 31.2 Å². The standard InChI is InChI=1S/C18H28N2O/c1-3-14-21-18-10-5-4-9-17(18)15-19-11-13-20-12-7-6-8-16(20)2/h3-5,9-10,16,19H,1,6-8,11-15H2,2H3. The van der Waals surface area contributed by atoms with Gasteiger partial charge in [-0.3, -0.25) is 4.90 Å². The molecule has 1 aliphatic rings. The number of rotatable bonds is 8. The van der Waals surface area contributed by atoms with Crippen LogP contribution in [0.1, 0.15) is 31.7 Å². The van der Waals surface area contributed by atoms with E-state index < -0.39 is 0 Å². The van der Waals surface area contributed by atoms with Crippen LogP contribution in [0.2, 0.25) is 0 Å². The molecular formula is C18H28N2O. The Kier molecular flexibility index (Phi) is 6.77. The fourth-order valence-corrected chi connectivity index (χ4v) is 2.87. The molecule has 3 nitrogen and oxygen atoms in total. The SMILES string of the molecule is C=CCOc1ccccc1CNCCN1CCCCC1C. The van der Waals surface area contributed by atoms with Gasteiger partial charge in [0.25, 0.3) is 0 Å². The van der Waals surface area contributed by atoms with Crippen molar-refractivity contribution in [2.75, 3.05) is 26.2 Å². The minimum absolute atomic E-state index is 0.558. The zero-order chi connectivity index (χ0) is 14.9. The zero-order valence-corrected chi connectivity index (χ0v) is 13.2. The Morgan fingerprint density at radius 2 is 2.24 bits per heavy atom. The summed E-state index contributed by atoms with van der Waals surface area (Å²) in [6.45, 7) is 10.9. The summed E-state index contributed by atoms with van der Waals surface area (Å²) in [5, 5.41) is 3.54. The molecule has 1 atom stereocenters. The first kappa shape index (κ1) is 16.1. The van der Waals surface area contributed by atoms with Gasteiger partial charge in [0.1, 0.15) is 12.4 Å². The molecule has 21 heavy (non-hydrogen) atoms. The summed E-state index contributed by atoms with van der Waals surface area (Å²) in [5.74, 6) is 0.955. The summed E-state index contributed by atoms with van der Waals surface area (Å²) >= 11 is 0. The molecule has 1 aliphatic heterocycles. The minimum atomic E-state index is 0.558. The van der Waals surface area contributed by atoms with Crippen molar-refractivity contribution in [1.29, 1.82) is 0 Å². The van der Waals surface area contributed by atoms with Gasteiger partial charge in [0.05, 0.1) is 0 Å². The first-order chi connectivity index (χ1) is 10.3. The Morgan fingerprint density at radius 3 is 3.05 bits per heavy atom. The van der Waals surface area contributed by atoms with Crippen LogP contribution in [0, 0.1) is 0 Å². The number of ether oxygens (including phenoxy) is 1. The fourth-order valence-electron chi connectivity index (χ4n) is 2.87. The number of likely N-dealkylation sites (tertiary alicyclic amines) is 1. The van der Waals surface area contributed by atoms with Crippen LogP contribution in [0.3, 0.4) is 0 Å². The Labute approximate surface area is 129 Å². The molecule has 0 aliphatic carbocycles. The first-order valence-corrected chi connectivity index (χ1v) is 8.07.